The Morgan fingerprint density at radius 3 is 2.46 bits per heavy atom. The van der Waals surface area contributed by atoms with Gasteiger partial charge in [0.15, 0.2) is 4.80 Å². The number of hydrogen-bond acceptors (Lipinski definition) is 5. The number of nitro groups is 1. The normalized spacial score (nSPS) is 11.5. The zero-order valence-electron chi connectivity index (χ0n) is 13.6. The number of aliphatic hydroxyl groups excluding tert-OH is 1. The molecule has 2 aromatic carbocycles. The number of nitrogens with zero attached hydrogens (tertiary/aromatic N) is 3. The lowest BCUT2D eigenvalue weighted by molar-refractivity contribution is -0.384. The summed E-state index contributed by atoms with van der Waals surface area (Å²) in [5.74, 6) is -0.366. The van der Waals surface area contributed by atoms with Crippen molar-refractivity contribution < 1.29 is 14.8 Å². The van der Waals surface area contributed by atoms with Gasteiger partial charge in [0.1, 0.15) is 0 Å². The van der Waals surface area contributed by atoms with Crippen molar-refractivity contribution in [3.05, 3.63) is 80.5 Å². The van der Waals surface area contributed by atoms with Crippen LogP contribution in [0.15, 0.2) is 65.0 Å². The molecule has 0 fully saturated rings. The van der Waals surface area contributed by atoms with Crippen LogP contribution in [0.1, 0.15) is 10.4 Å². The fourth-order valence-electron chi connectivity index (χ4n) is 2.45. The first-order chi connectivity index (χ1) is 12.6. The zero-order valence-corrected chi connectivity index (χ0v) is 14.4. The summed E-state index contributed by atoms with van der Waals surface area (Å²) in [6.07, 6.45) is 0. The van der Waals surface area contributed by atoms with Crippen molar-refractivity contribution in [1.82, 2.24) is 4.57 Å². The molecular weight excluding hydrogens is 354 g/mol. The van der Waals surface area contributed by atoms with Gasteiger partial charge in [-0.1, -0.05) is 18.2 Å². The summed E-state index contributed by atoms with van der Waals surface area (Å²) in [6, 6.07) is 14.8. The molecule has 0 aliphatic heterocycles. The predicted molar refractivity (Wildman–Crippen MR) is 97.8 cm³/mol. The third-order valence-electron chi connectivity index (χ3n) is 3.71. The minimum Gasteiger partial charge on any atom is -0.395 e. The summed E-state index contributed by atoms with van der Waals surface area (Å²) in [5, 5.41) is 22.0. The van der Waals surface area contributed by atoms with E-state index in [9.17, 15) is 20.0 Å². The Balaban J connectivity index is 2.02. The third-order valence-corrected chi connectivity index (χ3v) is 4.58. The minimum absolute atomic E-state index is 0.00172. The van der Waals surface area contributed by atoms with Crippen molar-refractivity contribution in [2.24, 2.45) is 4.99 Å². The van der Waals surface area contributed by atoms with Gasteiger partial charge in [0.2, 0.25) is 0 Å². The average molecular weight is 369 g/mol. The Bertz CT molecular complexity index is 991. The highest BCUT2D eigenvalue weighted by Crippen LogP contribution is 2.23. The summed E-state index contributed by atoms with van der Waals surface area (Å²) in [4.78, 5) is 27.3. The number of non-ortho nitro benzene ring substituents is 1. The Kier molecular flexibility index (Phi) is 5.35. The molecule has 1 aromatic heterocycles. The van der Waals surface area contributed by atoms with E-state index in [-0.39, 0.29) is 24.7 Å². The SMILES string of the molecule is O=C(N=c1scc(-c2ccc([N+](=O)[O-])cc2)n1CCO)c1ccccc1. The second-order valence-electron chi connectivity index (χ2n) is 5.37. The van der Waals surface area contributed by atoms with Gasteiger partial charge < -0.3 is 9.67 Å². The number of thiazole rings is 1. The van der Waals surface area contributed by atoms with E-state index in [4.69, 9.17) is 0 Å². The maximum atomic E-state index is 12.3. The van der Waals surface area contributed by atoms with E-state index in [1.54, 1.807) is 41.0 Å². The minimum atomic E-state index is -0.460. The van der Waals surface area contributed by atoms with E-state index in [2.05, 4.69) is 4.99 Å². The molecule has 0 spiro atoms. The molecule has 0 bridgehead atoms. The number of hydrogen-bond donors (Lipinski definition) is 1. The van der Waals surface area contributed by atoms with Gasteiger partial charge in [-0.3, -0.25) is 14.9 Å². The summed E-state index contributed by atoms with van der Waals surface area (Å²) in [7, 11) is 0. The van der Waals surface area contributed by atoms with Crippen molar-refractivity contribution in [2.45, 2.75) is 6.54 Å². The number of aliphatic hydroxyl groups is 1. The fraction of sp³-hybridized carbons (Fsp3) is 0.111. The molecule has 1 heterocycles. The number of rotatable bonds is 5. The van der Waals surface area contributed by atoms with Gasteiger partial charge in [0.25, 0.3) is 11.6 Å². The van der Waals surface area contributed by atoms with E-state index in [0.717, 1.165) is 11.3 Å². The van der Waals surface area contributed by atoms with Crippen LogP contribution in [0, 0.1) is 10.1 Å². The smallest absolute Gasteiger partial charge is 0.279 e. The second-order valence-corrected chi connectivity index (χ2v) is 6.20. The highest BCUT2D eigenvalue weighted by atomic mass is 32.1. The Hall–Kier alpha value is -3.10. The number of aromatic nitrogens is 1. The van der Waals surface area contributed by atoms with Crippen LogP contribution in [0.4, 0.5) is 5.69 Å². The lowest BCUT2D eigenvalue weighted by atomic mass is 10.1. The summed E-state index contributed by atoms with van der Waals surface area (Å²) < 4.78 is 1.73. The van der Waals surface area contributed by atoms with Crippen LogP contribution in [0.2, 0.25) is 0 Å². The fourth-order valence-corrected chi connectivity index (χ4v) is 3.38. The molecule has 3 aromatic rings. The monoisotopic (exact) mass is 369 g/mol. The maximum Gasteiger partial charge on any atom is 0.279 e. The molecule has 0 radical (unpaired) electrons. The molecule has 0 aliphatic rings. The van der Waals surface area contributed by atoms with Gasteiger partial charge in [0.05, 0.1) is 17.2 Å². The first-order valence-electron chi connectivity index (χ1n) is 7.78. The number of amides is 1. The van der Waals surface area contributed by atoms with Crippen LogP contribution in [-0.4, -0.2) is 27.1 Å². The van der Waals surface area contributed by atoms with Crippen LogP contribution >= 0.6 is 11.3 Å². The third kappa shape index (κ3) is 3.76. The highest BCUT2D eigenvalue weighted by Gasteiger charge is 2.12. The van der Waals surface area contributed by atoms with E-state index < -0.39 is 4.92 Å². The molecule has 26 heavy (non-hydrogen) atoms. The highest BCUT2D eigenvalue weighted by molar-refractivity contribution is 7.07. The molecule has 3 rings (SSSR count). The summed E-state index contributed by atoms with van der Waals surface area (Å²) in [5.41, 5.74) is 1.96. The van der Waals surface area contributed by atoms with Crippen molar-refractivity contribution in [3.63, 3.8) is 0 Å². The van der Waals surface area contributed by atoms with Crippen LogP contribution in [0.3, 0.4) is 0 Å². The molecule has 1 N–H and O–H groups in total. The van der Waals surface area contributed by atoms with Gasteiger partial charge in [-0.25, -0.2) is 0 Å². The summed E-state index contributed by atoms with van der Waals surface area (Å²) >= 11 is 1.27. The van der Waals surface area contributed by atoms with Crippen molar-refractivity contribution >= 4 is 22.9 Å². The van der Waals surface area contributed by atoms with Gasteiger partial charge >= 0.3 is 0 Å². The number of carbonyl (C=O) groups is 1. The van der Waals surface area contributed by atoms with Crippen LogP contribution in [-0.2, 0) is 6.54 Å². The van der Waals surface area contributed by atoms with Gasteiger partial charge in [-0.2, -0.15) is 4.99 Å². The van der Waals surface area contributed by atoms with Crippen LogP contribution in [0.25, 0.3) is 11.3 Å². The van der Waals surface area contributed by atoms with Crippen LogP contribution in [0.5, 0.6) is 0 Å². The predicted octanol–water partition coefficient (Wildman–Crippen LogP) is 2.86. The van der Waals surface area contributed by atoms with E-state index in [0.29, 0.717) is 10.4 Å². The number of benzene rings is 2. The first-order valence-corrected chi connectivity index (χ1v) is 8.66. The molecule has 0 unspecified atom stereocenters. The van der Waals surface area contributed by atoms with Crippen molar-refractivity contribution in [3.8, 4) is 11.3 Å². The Morgan fingerprint density at radius 1 is 1.15 bits per heavy atom. The molecule has 1 amide bonds. The Labute approximate surface area is 152 Å². The van der Waals surface area contributed by atoms with E-state index in [1.807, 2.05) is 11.4 Å². The standard InChI is InChI=1S/C18H15N3O4S/c22-11-10-20-16(13-6-8-15(9-7-13)21(24)25)12-26-18(20)19-17(23)14-4-2-1-3-5-14/h1-9,12,22H,10-11H2. The lowest BCUT2D eigenvalue weighted by Crippen LogP contribution is -2.20. The molecule has 132 valence electrons. The molecule has 0 aliphatic carbocycles. The zero-order chi connectivity index (χ0) is 18.5. The molecular formula is C18H15N3O4S. The van der Waals surface area contributed by atoms with Crippen molar-refractivity contribution in [1.29, 1.82) is 0 Å². The molecule has 8 heteroatoms. The average Bonchev–Trinajstić information content (AvgIpc) is 3.05. The van der Waals surface area contributed by atoms with Gasteiger partial charge in [-0.05, 0) is 29.8 Å². The topological polar surface area (TPSA) is 97.7 Å². The van der Waals surface area contributed by atoms with Gasteiger partial charge in [-0.15, -0.1) is 11.3 Å². The molecule has 0 saturated carbocycles. The van der Waals surface area contributed by atoms with E-state index in [1.165, 1.54) is 23.5 Å². The summed E-state index contributed by atoms with van der Waals surface area (Å²) in [6.45, 7) is 0.139. The molecule has 0 atom stereocenters. The Morgan fingerprint density at radius 2 is 1.85 bits per heavy atom. The second kappa shape index (κ2) is 7.85. The van der Waals surface area contributed by atoms with Crippen LogP contribution < -0.4 is 4.80 Å². The van der Waals surface area contributed by atoms with Crippen molar-refractivity contribution in [2.75, 3.05) is 6.61 Å². The molecule has 0 saturated heterocycles. The maximum absolute atomic E-state index is 12.3. The lowest BCUT2D eigenvalue weighted by Gasteiger charge is -2.07. The van der Waals surface area contributed by atoms with Gasteiger partial charge in [0, 0.05) is 29.6 Å². The molecule has 7 nitrogen and oxygen atoms in total. The largest absolute Gasteiger partial charge is 0.395 e. The number of nitro benzene ring substituents is 1. The number of carbonyl (C=O) groups excluding carboxylic acids is 1. The first kappa shape index (κ1) is 17.7. The quantitative estimate of drug-likeness (QED) is 0.552. The van der Waals surface area contributed by atoms with E-state index >= 15 is 0 Å².